The van der Waals surface area contributed by atoms with Crippen LogP contribution in [0.15, 0.2) is 48.5 Å². The van der Waals surface area contributed by atoms with Crippen molar-refractivity contribution in [3.63, 3.8) is 0 Å². The topological polar surface area (TPSA) is 53.0 Å². The molecule has 3 nitrogen and oxygen atoms in total. The maximum absolute atomic E-state index is 8.86. The first-order valence-electron chi connectivity index (χ1n) is 6.71. The van der Waals surface area contributed by atoms with Gasteiger partial charge < -0.3 is 10.6 Å². The Morgan fingerprint density at radius 1 is 1.15 bits per heavy atom. The average Bonchev–Trinajstić information content (AvgIpc) is 2.45. The van der Waals surface area contributed by atoms with Crippen LogP contribution in [0.1, 0.15) is 25.0 Å². The number of hydrogen-bond acceptors (Lipinski definition) is 3. The van der Waals surface area contributed by atoms with Gasteiger partial charge in [0.15, 0.2) is 0 Å². The summed E-state index contributed by atoms with van der Waals surface area (Å²) in [6.45, 7) is 5.11. The second-order valence-electron chi connectivity index (χ2n) is 5.13. The molecule has 2 aromatic carbocycles. The number of rotatable bonds is 4. The average molecular weight is 265 g/mol. The van der Waals surface area contributed by atoms with Crippen LogP contribution in [0.3, 0.4) is 0 Å². The van der Waals surface area contributed by atoms with Crippen molar-refractivity contribution in [2.24, 2.45) is 0 Å². The summed E-state index contributed by atoms with van der Waals surface area (Å²) < 4.78 is 0. The first-order chi connectivity index (χ1) is 9.60. The number of hydrogen-bond donors (Lipinski definition) is 1. The summed E-state index contributed by atoms with van der Waals surface area (Å²) >= 11 is 0. The molecule has 0 saturated carbocycles. The second-order valence-corrected chi connectivity index (χ2v) is 5.13. The lowest BCUT2D eigenvalue weighted by Crippen LogP contribution is -2.30. The predicted molar refractivity (Wildman–Crippen MR) is 83.3 cm³/mol. The van der Waals surface area contributed by atoms with Crippen molar-refractivity contribution in [1.29, 1.82) is 5.26 Å². The molecule has 0 aliphatic rings. The van der Waals surface area contributed by atoms with Gasteiger partial charge in [0.2, 0.25) is 0 Å². The number of nitrogens with zero attached hydrogens (tertiary/aromatic N) is 2. The minimum absolute atomic E-state index is 0.365. The molecule has 0 radical (unpaired) electrons. The number of nitrogen functional groups attached to an aromatic ring is 1. The Morgan fingerprint density at radius 3 is 2.40 bits per heavy atom. The Hall–Kier alpha value is -2.47. The lowest BCUT2D eigenvalue weighted by atomic mass is 10.1. The van der Waals surface area contributed by atoms with Crippen molar-refractivity contribution < 1.29 is 0 Å². The van der Waals surface area contributed by atoms with Crippen molar-refractivity contribution in [3.8, 4) is 6.07 Å². The van der Waals surface area contributed by atoms with E-state index < -0.39 is 0 Å². The Labute approximate surface area is 120 Å². The summed E-state index contributed by atoms with van der Waals surface area (Å²) in [5.74, 6) is 0. The van der Waals surface area contributed by atoms with Crippen molar-refractivity contribution in [1.82, 2.24) is 0 Å². The highest BCUT2D eigenvalue weighted by Gasteiger charge is 2.11. The van der Waals surface area contributed by atoms with Crippen molar-refractivity contribution in [2.75, 3.05) is 10.6 Å². The smallest absolute Gasteiger partial charge is 0.0991 e. The summed E-state index contributed by atoms with van der Waals surface area (Å²) in [6, 6.07) is 18.1. The van der Waals surface area contributed by atoms with Gasteiger partial charge in [-0.1, -0.05) is 12.1 Å². The fraction of sp³-hybridized carbons (Fsp3) is 0.235. The van der Waals surface area contributed by atoms with E-state index in [-0.39, 0.29) is 0 Å². The third-order valence-electron chi connectivity index (χ3n) is 3.26. The second kappa shape index (κ2) is 6.12. The summed E-state index contributed by atoms with van der Waals surface area (Å²) in [5, 5.41) is 8.86. The van der Waals surface area contributed by atoms with Crippen molar-refractivity contribution >= 4 is 11.4 Å². The van der Waals surface area contributed by atoms with Crippen LogP contribution < -0.4 is 10.6 Å². The van der Waals surface area contributed by atoms with E-state index in [1.54, 1.807) is 0 Å². The number of anilines is 2. The fourth-order valence-corrected chi connectivity index (χ4v) is 2.19. The zero-order chi connectivity index (χ0) is 14.5. The van der Waals surface area contributed by atoms with E-state index >= 15 is 0 Å². The molecule has 2 rings (SSSR count). The normalized spacial score (nSPS) is 10.3. The van der Waals surface area contributed by atoms with Gasteiger partial charge in [0.05, 0.1) is 11.6 Å². The van der Waals surface area contributed by atoms with Crippen LogP contribution in [-0.2, 0) is 6.54 Å². The first-order valence-corrected chi connectivity index (χ1v) is 6.71. The summed E-state index contributed by atoms with van der Waals surface area (Å²) in [4.78, 5) is 2.29. The molecule has 0 aliphatic carbocycles. The van der Waals surface area contributed by atoms with Crippen molar-refractivity contribution in [3.05, 3.63) is 59.7 Å². The summed E-state index contributed by atoms with van der Waals surface area (Å²) in [7, 11) is 0. The van der Waals surface area contributed by atoms with Gasteiger partial charge in [-0.25, -0.2) is 0 Å². The molecule has 0 heterocycles. The van der Waals surface area contributed by atoms with E-state index in [9.17, 15) is 0 Å². The highest BCUT2D eigenvalue weighted by molar-refractivity contribution is 5.51. The van der Waals surface area contributed by atoms with E-state index in [0.717, 1.165) is 17.9 Å². The number of nitrogens with two attached hydrogens (primary N) is 1. The zero-order valence-corrected chi connectivity index (χ0v) is 11.9. The monoisotopic (exact) mass is 265 g/mol. The van der Waals surface area contributed by atoms with Crippen LogP contribution in [-0.4, -0.2) is 6.04 Å². The van der Waals surface area contributed by atoms with Crippen molar-refractivity contribution in [2.45, 2.75) is 26.4 Å². The molecule has 20 heavy (non-hydrogen) atoms. The minimum Gasteiger partial charge on any atom is -0.399 e. The van der Waals surface area contributed by atoms with Crippen LogP contribution in [0.2, 0.25) is 0 Å². The molecule has 3 heteroatoms. The molecule has 0 atom stereocenters. The quantitative estimate of drug-likeness (QED) is 0.860. The standard InChI is InChI=1S/C17H19N3/c1-13(2)20(12-15-4-3-5-16(19)10-15)17-8-6-14(11-18)7-9-17/h3-10,13H,12,19H2,1-2H3. The molecule has 0 aliphatic heterocycles. The van der Waals surface area contributed by atoms with Gasteiger partial charge in [-0.05, 0) is 55.8 Å². The highest BCUT2D eigenvalue weighted by Crippen LogP contribution is 2.21. The molecule has 102 valence electrons. The van der Waals surface area contributed by atoms with E-state index in [2.05, 4.69) is 30.9 Å². The highest BCUT2D eigenvalue weighted by atomic mass is 15.1. The van der Waals surface area contributed by atoms with Gasteiger partial charge in [0.1, 0.15) is 0 Å². The minimum atomic E-state index is 0.365. The third-order valence-corrected chi connectivity index (χ3v) is 3.26. The van der Waals surface area contributed by atoms with Gasteiger partial charge in [-0.2, -0.15) is 5.26 Å². The third kappa shape index (κ3) is 3.30. The van der Waals surface area contributed by atoms with E-state index in [4.69, 9.17) is 11.0 Å². The maximum Gasteiger partial charge on any atom is 0.0991 e. The van der Waals surface area contributed by atoms with Crippen LogP contribution in [0.4, 0.5) is 11.4 Å². The van der Waals surface area contributed by atoms with Crippen LogP contribution in [0, 0.1) is 11.3 Å². The summed E-state index contributed by atoms with van der Waals surface area (Å²) in [5.41, 5.74) is 9.59. The summed E-state index contributed by atoms with van der Waals surface area (Å²) in [6.07, 6.45) is 0. The van der Waals surface area contributed by atoms with Crippen LogP contribution in [0.5, 0.6) is 0 Å². The molecule has 2 N–H and O–H groups in total. The predicted octanol–water partition coefficient (Wildman–Crippen LogP) is 3.56. The molecule has 0 fully saturated rings. The molecular formula is C17H19N3. The van der Waals surface area contributed by atoms with Gasteiger partial charge in [0, 0.05) is 24.0 Å². The molecule has 2 aromatic rings. The lowest BCUT2D eigenvalue weighted by molar-refractivity contribution is 0.682. The maximum atomic E-state index is 8.86. The number of nitriles is 1. The zero-order valence-electron chi connectivity index (χ0n) is 11.9. The van der Waals surface area contributed by atoms with Gasteiger partial charge in [-0.15, -0.1) is 0 Å². The Kier molecular flexibility index (Phi) is 4.27. The SMILES string of the molecule is CC(C)N(Cc1cccc(N)c1)c1ccc(C#N)cc1. The van der Waals surface area contributed by atoms with E-state index in [0.29, 0.717) is 11.6 Å². The molecule has 0 amide bonds. The molecule has 0 unspecified atom stereocenters. The van der Waals surface area contributed by atoms with Crippen LogP contribution in [0.25, 0.3) is 0 Å². The Bertz CT molecular complexity index is 609. The Balaban J connectivity index is 2.25. The van der Waals surface area contributed by atoms with Gasteiger partial charge >= 0.3 is 0 Å². The van der Waals surface area contributed by atoms with Gasteiger partial charge in [0.25, 0.3) is 0 Å². The Morgan fingerprint density at radius 2 is 1.85 bits per heavy atom. The van der Waals surface area contributed by atoms with Crippen LogP contribution >= 0.6 is 0 Å². The first kappa shape index (κ1) is 14.0. The molecule has 0 bridgehead atoms. The lowest BCUT2D eigenvalue weighted by Gasteiger charge is -2.29. The molecule has 0 saturated heterocycles. The molecule has 0 spiro atoms. The number of benzene rings is 2. The largest absolute Gasteiger partial charge is 0.399 e. The fourth-order valence-electron chi connectivity index (χ4n) is 2.19. The van der Waals surface area contributed by atoms with E-state index in [1.165, 1.54) is 5.56 Å². The van der Waals surface area contributed by atoms with E-state index in [1.807, 2.05) is 42.5 Å². The molecule has 0 aromatic heterocycles. The molecular weight excluding hydrogens is 246 g/mol. The van der Waals surface area contributed by atoms with Gasteiger partial charge in [-0.3, -0.25) is 0 Å².